The van der Waals surface area contributed by atoms with Crippen molar-refractivity contribution >= 4 is 41.5 Å². The van der Waals surface area contributed by atoms with Crippen LogP contribution in [0.15, 0.2) is 53.5 Å². The molecule has 1 aliphatic rings. The van der Waals surface area contributed by atoms with Gasteiger partial charge >= 0.3 is 0 Å². The summed E-state index contributed by atoms with van der Waals surface area (Å²) in [7, 11) is 1.82. The van der Waals surface area contributed by atoms with E-state index in [9.17, 15) is 4.79 Å². The van der Waals surface area contributed by atoms with Crippen molar-refractivity contribution in [2.45, 2.75) is 20.4 Å². The molecule has 0 radical (unpaired) electrons. The van der Waals surface area contributed by atoms with Gasteiger partial charge in [0.05, 0.1) is 0 Å². The third-order valence-corrected chi connectivity index (χ3v) is 5.25. The molecule has 0 aliphatic carbocycles. The minimum atomic E-state index is -0.115. The van der Waals surface area contributed by atoms with Crippen molar-refractivity contribution in [3.05, 3.63) is 59.7 Å². The van der Waals surface area contributed by atoms with Gasteiger partial charge in [0.25, 0.3) is 5.91 Å². The van der Waals surface area contributed by atoms with Crippen molar-refractivity contribution in [3.8, 4) is 5.75 Å². The molecule has 1 fully saturated rings. The van der Waals surface area contributed by atoms with Gasteiger partial charge in [0, 0.05) is 52.0 Å². The van der Waals surface area contributed by atoms with Crippen LogP contribution in [-0.4, -0.2) is 63.1 Å². The van der Waals surface area contributed by atoms with E-state index in [-0.39, 0.29) is 36.5 Å². The first-order valence-electron chi connectivity index (χ1n) is 10.8. The second-order valence-electron chi connectivity index (χ2n) is 7.60. The topological polar surface area (TPSA) is 69.2 Å². The van der Waals surface area contributed by atoms with Crippen molar-refractivity contribution < 1.29 is 9.53 Å². The first-order chi connectivity index (χ1) is 15.1. The molecule has 7 nitrogen and oxygen atoms in total. The number of amides is 1. The van der Waals surface area contributed by atoms with E-state index >= 15 is 0 Å². The van der Waals surface area contributed by atoms with Crippen LogP contribution < -0.4 is 20.3 Å². The van der Waals surface area contributed by atoms with Crippen LogP contribution in [0.5, 0.6) is 5.75 Å². The highest BCUT2D eigenvalue weighted by Gasteiger charge is 2.19. The summed E-state index contributed by atoms with van der Waals surface area (Å²) < 4.78 is 5.59. The smallest absolute Gasteiger partial charge is 0.257 e. The van der Waals surface area contributed by atoms with E-state index in [0.717, 1.165) is 37.7 Å². The fourth-order valence-corrected chi connectivity index (χ4v) is 3.66. The summed E-state index contributed by atoms with van der Waals surface area (Å²) in [6.07, 6.45) is 0. The number of halogens is 1. The second-order valence-corrected chi connectivity index (χ2v) is 7.60. The third kappa shape index (κ3) is 7.58. The molecule has 0 unspecified atom stereocenters. The summed E-state index contributed by atoms with van der Waals surface area (Å²) in [5.41, 5.74) is 3.65. The monoisotopic (exact) mass is 551 g/mol. The molecule has 0 aromatic heterocycles. The van der Waals surface area contributed by atoms with Crippen LogP contribution in [0, 0.1) is 6.92 Å². The number of guanidine groups is 1. The summed E-state index contributed by atoms with van der Waals surface area (Å²) in [6, 6.07) is 16.5. The number of ether oxygens (including phenoxy) is 1. The van der Waals surface area contributed by atoms with Crippen molar-refractivity contribution in [3.63, 3.8) is 0 Å². The summed E-state index contributed by atoms with van der Waals surface area (Å²) in [5, 5.41) is 6.18. The largest absolute Gasteiger partial charge is 0.484 e. The molecule has 174 valence electrons. The molecule has 1 saturated heterocycles. The number of aliphatic imine (C=N–C) groups is 1. The Bertz CT molecular complexity index is 897. The van der Waals surface area contributed by atoms with Gasteiger partial charge in [-0.25, -0.2) is 0 Å². The van der Waals surface area contributed by atoms with Crippen LogP contribution in [0.25, 0.3) is 0 Å². The number of aryl methyl sites for hydroxylation is 1. The van der Waals surface area contributed by atoms with Crippen LogP contribution in [-0.2, 0) is 11.3 Å². The number of anilines is 1. The number of hydrogen-bond donors (Lipinski definition) is 2. The molecule has 0 saturated carbocycles. The van der Waals surface area contributed by atoms with E-state index in [2.05, 4.69) is 56.6 Å². The average molecular weight is 551 g/mol. The molecule has 2 N–H and O–H groups in total. The van der Waals surface area contributed by atoms with Crippen molar-refractivity contribution in [2.24, 2.45) is 4.99 Å². The molecule has 2 aromatic rings. The Morgan fingerprint density at radius 3 is 2.50 bits per heavy atom. The van der Waals surface area contributed by atoms with Crippen molar-refractivity contribution in [2.75, 3.05) is 51.3 Å². The lowest BCUT2D eigenvalue weighted by Gasteiger charge is -2.37. The molecule has 1 heterocycles. The number of carbonyl (C=O) groups is 1. The van der Waals surface area contributed by atoms with Gasteiger partial charge in [0.1, 0.15) is 5.75 Å². The summed E-state index contributed by atoms with van der Waals surface area (Å²) in [4.78, 5) is 20.8. The minimum absolute atomic E-state index is 0. The number of carbonyl (C=O) groups excluding carboxylic acids is 1. The quantitative estimate of drug-likeness (QED) is 0.315. The maximum absolute atomic E-state index is 11.6. The molecule has 0 bridgehead atoms. The number of nitrogens with zero attached hydrogens (tertiary/aromatic N) is 3. The Morgan fingerprint density at radius 2 is 1.81 bits per heavy atom. The first kappa shape index (κ1) is 25.8. The van der Waals surface area contributed by atoms with Crippen LogP contribution in [0.2, 0.25) is 0 Å². The van der Waals surface area contributed by atoms with Crippen LogP contribution in [0.4, 0.5) is 5.69 Å². The molecule has 1 amide bonds. The van der Waals surface area contributed by atoms with Gasteiger partial charge in [0.15, 0.2) is 12.6 Å². The summed E-state index contributed by atoms with van der Waals surface area (Å²) in [6.45, 7) is 9.06. The normalized spacial score (nSPS) is 13.9. The molecule has 0 atom stereocenters. The van der Waals surface area contributed by atoms with Gasteiger partial charge in [-0.2, -0.15) is 0 Å². The maximum Gasteiger partial charge on any atom is 0.257 e. The molecular weight excluding hydrogens is 517 g/mol. The molecule has 8 heteroatoms. The number of likely N-dealkylation sites (N-methyl/N-ethyl adjacent to an activating group) is 1. The van der Waals surface area contributed by atoms with Gasteiger partial charge in [-0.15, -0.1) is 24.0 Å². The van der Waals surface area contributed by atoms with Crippen molar-refractivity contribution in [1.82, 2.24) is 15.5 Å². The predicted octanol–water partition coefficient (Wildman–Crippen LogP) is 3.03. The van der Waals surface area contributed by atoms with Gasteiger partial charge in [-0.05, 0) is 49.2 Å². The summed E-state index contributed by atoms with van der Waals surface area (Å²) >= 11 is 0. The minimum Gasteiger partial charge on any atom is -0.484 e. The fraction of sp³-hybridized carbons (Fsp3) is 0.417. The molecule has 2 aromatic carbocycles. The highest BCUT2D eigenvalue weighted by atomic mass is 127. The van der Waals surface area contributed by atoms with Crippen molar-refractivity contribution in [1.29, 1.82) is 0 Å². The molecular formula is C24H34IN5O2. The standard InChI is InChI=1S/C24H33N5O2.HI/c1-4-26-23(30)18-31-22-10-6-8-20(16-22)17-27-24(25-3)29-13-11-28(12-14-29)21-9-5-7-19(2)15-21;/h5-10,15-16H,4,11-14,17-18H2,1-3H3,(H,25,27)(H,26,30);1H. The third-order valence-electron chi connectivity index (χ3n) is 5.25. The average Bonchev–Trinajstić information content (AvgIpc) is 2.79. The van der Waals surface area contributed by atoms with Gasteiger partial charge in [0.2, 0.25) is 0 Å². The van der Waals surface area contributed by atoms with Crippen LogP contribution >= 0.6 is 24.0 Å². The Balaban J connectivity index is 0.00000363. The van der Waals surface area contributed by atoms with E-state index < -0.39 is 0 Å². The summed E-state index contributed by atoms with van der Waals surface area (Å²) in [5.74, 6) is 1.47. The molecule has 1 aliphatic heterocycles. The van der Waals surface area contributed by atoms with E-state index in [0.29, 0.717) is 18.8 Å². The maximum atomic E-state index is 11.6. The second kappa shape index (κ2) is 13.1. The SMILES string of the molecule is CCNC(=O)COc1cccc(CNC(=NC)N2CCN(c3cccc(C)c3)CC2)c1.I. The number of rotatable bonds is 7. The van der Waals surface area contributed by atoms with Crippen LogP contribution in [0.1, 0.15) is 18.1 Å². The number of nitrogens with one attached hydrogen (secondary N) is 2. The number of benzene rings is 2. The Labute approximate surface area is 208 Å². The van der Waals surface area contributed by atoms with Crippen LogP contribution in [0.3, 0.4) is 0 Å². The van der Waals surface area contributed by atoms with Gasteiger partial charge < -0.3 is 25.2 Å². The van der Waals surface area contributed by atoms with E-state index in [1.54, 1.807) is 0 Å². The zero-order valence-corrected chi connectivity index (χ0v) is 21.5. The lowest BCUT2D eigenvalue weighted by molar-refractivity contribution is -0.122. The highest BCUT2D eigenvalue weighted by Crippen LogP contribution is 2.18. The zero-order valence-electron chi connectivity index (χ0n) is 19.1. The van der Waals surface area contributed by atoms with E-state index in [4.69, 9.17) is 4.74 Å². The number of hydrogen-bond acceptors (Lipinski definition) is 4. The Kier molecular flexibility index (Phi) is 10.6. The van der Waals surface area contributed by atoms with E-state index in [1.807, 2.05) is 38.2 Å². The molecule has 0 spiro atoms. The Morgan fingerprint density at radius 1 is 1.06 bits per heavy atom. The first-order valence-corrected chi connectivity index (χ1v) is 10.8. The Hall–Kier alpha value is -2.49. The predicted molar refractivity (Wildman–Crippen MR) is 141 cm³/mol. The molecule has 3 rings (SSSR count). The number of piperazine rings is 1. The van der Waals surface area contributed by atoms with Gasteiger partial charge in [-0.1, -0.05) is 24.3 Å². The highest BCUT2D eigenvalue weighted by molar-refractivity contribution is 14.0. The lowest BCUT2D eigenvalue weighted by Crippen LogP contribution is -2.52. The van der Waals surface area contributed by atoms with E-state index in [1.165, 1.54) is 11.3 Å². The zero-order chi connectivity index (χ0) is 22.1. The van der Waals surface area contributed by atoms with Gasteiger partial charge in [-0.3, -0.25) is 9.79 Å². The fourth-order valence-electron chi connectivity index (χ4n) is 3.66. The lowest BCUT2D eigenvalue weighted by atomic mass is 10.2. The molecule has 32 heavy (non-hydrogen) atoms.